The number of hydrogen-bond donors (Lipinski definition) is 2. The molecule has 3 nitrogen and oxygen atoms in total. The van der Waals surface area contributed by atoms with Crippen LogP contribution in [0.2, 0.25) is 0 Å². The summed E-state index contributed by atoms with van der Waals surface area (Å²) in [6.07, 6.45) is 10.4. The first-order chi connectivity index (χ1) is 14.4. The predicted octanol–water partition coefficient (Wildman–Crippen LogP) is 5.25. The van der Waals surface area contributed by atoms with Crippen molar-refractivity contribution in [3.05, 3.63) is 64.7 Å². The summed E-state index contributed by atoms with van der Waals surface area (Å²) in [7, 11) is 0. The van der Waals surface area contributed by atoms with Crippen LogP contribution in [0.25, 0.3) is 0 Å². The zero-order valence-corrected chi connectivity index (χ0v) is 17.5. The molecule has 0 radical (unpaired) electrons. The molecule has 3 aliphatic rings. The van der Waals surface area contributed by atoms with Crippen LogP contribution in [0.3, 0.4) is 0 Å². The number of benzene rings is 2. The molecule has 3 heteroatoms. The molecule has 0 unspecified atom stereocenters. The highest BCUT2D eigenvalue weighted by Crippen LogP contribution is 2.38. The van der Waals surface area contributed by atoms with Gasteiger partial charge in [0.2, 0.25) is 0 Å². The molecule has 2 aromatic rings. The van der Waals surface area contributed by atoms with Crippen molar-refractivity contribution in [2.24, 2.45) is 0 Å². The average Bonchev–Trinajstić information content (AvgIpc) is 3.28. The van der Waals surface area contributed by atoms with Crippen LogP contribution in [0.1, 0.15) is 79.2 Å². The molecule has 0 amide bonds. The fraction of sp³-hybridized carbons (Fsp3) is 0.538. The molecule has 2 fully saturated rings. The topological polar surface area (TPSA) is 33.3 Å². The second-order valence-corrected chi connectivity index (χ2v) is 9.07. The third-order valence-electron chi connectivity index (χ3n) is 7.13. The SMILES string of the molecule is c1ccc([C@@H]2NCCC[C@@H]2NCc2cc(C3CCCCC3)cc3c2OCC3)cc1. The first kappa shape index (κ1) is 19.1. The predicted molar refractivity (Wildman–Crippen MR) is 119 cm³/mol. The van der Waals surface area contributed by atoms with Gasteiger partial charge in [0.1, 0.15) is 5.75 Å². The summed E-state index contributed by atoms with van der Waals surface area (Å²) in [5.74, 6) is 1.92. The molecule has 2 atom stereocenters. The number of ether oxygens (including phenoxy) is 1. The van der Waals surface area contributed by atoms with Gasteiger partial charge in [-0.25, -0.2) is 0 Å². The molecular formula is C26H34N2O. The van der Waals surface area contributed by atoms with Crippen LogP contribution >= 0.6 is 0 Å². The van der Waals surface area contributed by atoms with Crippen molar-refractivity contribution in [1.82, 2.24) is 10.6 Å². The minimum absolute atomic E-state index is 0.389. The second kappa shape index (κ2) is 8.89. The van der Waals surface area contributed by atoms with Crippen LogP contribution in [0, 0.1) is 0 Å². The molecular weight excluding hydrogens is 356 g/mol. The zero-order chi connectivity index (χ0) is 19.5. The van der Waals surface area contributed by atoms with E-state index in [-0.39, 0.29) is 0 Å². The second-order valence-electron chi connectivity index (χ2n) is 9.07. The minimum atomic E-state index is 0.389. The quantitative estimate of drug-likeness (QED) is 0.731. The molecule has 154 valence electrons. The lowest BCUT2D eigenvalue weighted by molar-refractivity contribution is 0.301. The van der Waals surface area contributed by atoms with E-state index in [2.05, 4.69) is 53.1 Å². The highest BCUT2D eigenvalue weighted by Gasteiger charge is 2.27. The Bertz CT molecular complexity index is 813. The van der Waals surface area contributed by atoms with Gasteiger partial charge in [-0.1, -0.05) is 61.7 Å². The molecule has 1 saturated carbocycles. The van der Waals surface area contributed by atoms with Crippen LogP contribution in [0.15, 0.2) is 42.5 Å². The molecule has 2 N–H and O–H groups in total. The van der Waals surface area contributed by atoms with Gasteiger partial charge >= 0.3 is 0 Å². The van der Waals surface area contributed by atoms with Crippen molar-refractivity contribution in [1.29, 1.82) is 0 Å². The van der Waals surface area contributed by atoms with Gasteiger partial charge in [0.05, 0.1) is 6.61 Å². The van der Waals surface area contributed by atoms with E-state index in [1.807, 2.05) is 0 Å². The summed E-state index contributed by atoms with van der Waals surface area (Å²) in [6.45, 7) is 2.85. The zero-order valence-electron chi connectivity index (χ0n) is 17.5. The Morgan fingerprint density at radius 2 is 1.79 bits per heavy atom. The van der Waals surface area contributed by atoms with Crippen LogP contribution in [0.4, 0.5) is 0 Å². The Labute approximate surface area is 175 Å². The molecule has 5 rings (SSSR count). The van der Waals surface area contributed by atoms with E-state index in [9.17, 15) is 0 Å². The lowest BCUT2D eigenvalue weighted by Crippen LogP contribution is -2.45. The molecule has 1 saturated heterocycles. The lowest BCUT2D eigenvalue weighted by Gasteiger charge is -2.34. The van der Waals surface area contributed by atoms with E-state index < -0.39 is 0 Å². The van der Waals surface area contributed by atoms with Crippen LogP contribution < -0.4 is 15.4 Å². The lowest BCUT2D eigenvalue weighted by atomic mass is 9.82. The highest BCUT2D eigenvalue weighted by molar-refractivity contribution is 5.48. The molecule has 0 spiro atoms. The van der Waals surface area contributed by atoms with E-state index in [1.165, 1.54) is 61.6 Å². The summed E-state index contributed by atoms with van der Waals surface area (Å²) in [5, 5.41) is 7.65. The van der Waals surface area contributed by atoms with Gasteiger partial charge in [-0.15, -0.1) is 0 Å². The maximum Gasteiger partial charge on any atom is 0.127 e. The standard InChI is InChI=1S/C26H34N2O/c1-3-8-19(9-4-1)22-16-21-13-15-29-26(21)23(17-22)18-28-24-12-7-14-27-25(24)20-10-5-2-6-11-20/h2,5-6,10-11,16-17,19,24-25,27-28H,1,3-4,7-9,12-15,18H2/t24-,25-/m0/s1. The molecule has 0 bridgehead atoms. The summed E-state index contributed by atoms with van der Waals surface area (Å²) < 4.78 is 6.07. The third kappa shape index (κ3) is 4.22. The van der Waals surface area contributed by atoms with Crippen molar-refractivity contribution in [3.63, 3.8) is 0 Å². The first-order valence-corrected chi connectivity index (χ1v) is 11.7. The Kier molecular flexibility index (Phi) is 5.87. The first-order valence-electron chi connectivity index (χ1n) is 11.7. The maximum atomic E-state index is 6.07. The van der Waals surface area contributed by atoms with Gasteiger partial charge in [-0.05, 0) is 54.8 Å². The molecule has 2 aromatic carbocycles. The van der Waals surface area contributed by atoms with E-state index in [1.54, 1.807) is 5.56 Å². The maximum absolute atomic E-state index is 6.07. The fourth-order valence-corrected chi connectivity index (χ4v) is 5.58. The molecule has 2 heterocycles. The fourth-order valence-electron chi connectivity index (χ4n) is 5.58. The smallest absolute Gasteiger partial charge is 0.127 e. The summed E-state index contributed by atoms with van der Waals surface area (Å²) in [5.41, 5.74) is 5.76. The number of fused-ring (bicyclic) bond motifs is 1. The van der Waals surface area contributed by atoms with Crippen molar-refractivity contribution >= 4 is 0 Å². The van der Waals surface area contributed by atoms with Gasteiger partial charge in [0, 0.05) is 30.6 Å². The average molecular weight is 391 g/mol. The Hall–Kier alpha value is -1.84. The largest absolute Gasteiger partial charge is 0.493 e. The van der Waals surface area contributed by atoms with Crippen molar-refractivity contribution in [2.45, 2.75) is 75.9 Å². The van der Waals surface area contributed by atoms with E-state index in [4.69, 9.17) is 4.74 Å². The van der Waals surface area contributed by atoms with Crippen LogP contribution in [-0.2, 0) is 13.0 Å². The summed E-state index contributed by atoms with van der Waals surface area (Å²) in [6, 6.07) is 16.7. The van der Waals surface area contributed by atoms with Crippen LogP contribution in [-0.4, -0.2) is 19.2 Å². The van der Waals surface area contributed by atoms with E-state index in [0.717, 1.165) is 37.8 Å². The van der Waals surface area contributed by atoms with Crippen molar-refractivity contribution in [2.75, 3.05) is 13.2 Å². The monoisotopic (exact) mass is 390 g/mol. The molecule has 29 heavy (non-hydrogen) atoms. The van der Waals surface area contributed by atoms with Gasteiger partial charge in [-0.2, -0.15) is 0 Å². The molecule has 2 aliphatic heterocycles. The highest BCUT2D eigenvalue weighted by atomic mass is 16.5. The Balaban J connectivity index is 1.35. The normalized spacial score (nSPS) is 24.8. The van der Waals surface area contributed by atoms with Crippen molar-refractivity contribution < 1.29 is 4.74 Å². The molecule has 1 aliphatic carbocycles. The minimum Gasteiger partial charge on any atom is -0.493 e. The number of nitrogens with one attached hydrogen (secondary N) is 2. The Morgan fingerprint density at radius 1 is 0.931 bits per heavy atom. The third-order valence-corrected chi connectivity index (χ3v) is 7.13. The van der Waals surface area contributed by atoms with E-state index in [0.29, 0.717) is 12.1 Å². The number of piperidine rings is 1. The van der Waals surface area contributed by atoms with Crippen LogP contribution in [0.5, 0.6) is 5.75 Å². The molecule has 0 aromatic heterocycles. The Morgan fingerprint density at radius 3 is 2.66 bits per heavy atom. The number of hydrogen-bond acceptors (Lipinski definition) is 3. The summed E-state index contributed by atoms with van der Waals surface area (Å²) >= 11 is 0. The van der Waals surface area contributed by atoms with Crippen molar-refractivity contribution in [3.8, 4) is 5.75 Å². The number of rotatable bonds is 5. The van der Waals surface area contributed by atoms with Gasteiger partial charge in [0.25, 0.3) is 0 Å². The van der Waals surface area contributed by atoms with E-state index >= 15 is 0 Å². The van der Waals surface area contributed by atoms with Gasteiger partial charge < -0.3 is 15.4 Å². The summed E-state index contributed by atoms with van der Waals surface area (Å²) in [4.78, 5) is 0. The van der Waals surface area contributed by atoms with Gasteiger partial charge in [0.15, 0.2) is 0 Å². The van der Waals surface area contributed by atoms with Gasteiger partial charge in [-0.3, -0.25) is 0 Å².